The molecule has 0 bridgehead atoms. The summed E-state index contributed by atoms with van der Waals surface area (Å²) >= 11 is 1.76. The van der Waals surface area contributed by atoms with E-state index in [4.69, 9.17) is 14.2 Å². The van der Waals surface area contributed by atoms with Crippen LogP contribution in [0.5, 0.6) is 0 Å². The third-order valence-electron chi connectivity index (χ3n) is 9.87. The first-order chi connectivity index (χ1) is 26.4. The molecule has 2 aliphatic heterocycles. The number of hydrogen-bond donors (Lipinski definition) is 2. The molecular formula is C44H42N2O7S. The van der Waals surface area contributed by atoms with Crippen LogP contribution in [0.2, 0.25) is 0 Å². The minimum atomic E-state index is -0.989. The van der Waals surface area contributed by atoms with E-state index in [2.05, 4.69) is 24.4 Å². The molecule has 2 fully saturated rings. The van der Waals surface area contributed by atoms with Gasteiger partial charge in [-0.25, -0.2) is 4.79 Å². The van der Waals surface area contributed by atoms with Crippen LogP contribution in [0.4, 0.5) is 4.79 Å². The summed E-state index contributed by atoms with van der Waals surface area (Å²) in [5.41, 5.74) is 6.13. The van der Waals surface area contributed by atoms with E-state index in [0.717, 1.165) is 44.7 Å². The summed E-state index contributed by atoms with van der Waals surface area (Å²) in [5.74, 6) is -0.0154. The monoisotopic (exact) mass is 742 g/mol. The Hall–Kier alpha value is -5.26. The topological polar surface area (TPSA) is 114 Å². The number of thioether (sulfide) groups is 1. The predicted molar refractivity (Wildman–Crippen MR) is 206 cm³/mol. The molecule has 54 heavy (non-hydrogen) atoms. The van der Waals surface area contributed by atoms with Crippen LogP contribution in [0.25, 0.3) is 11.1 Å². The molecule has 2 saturated heterocycles. The van der Waals surface area contributed by atoms with Gasteiger partial charge in [0.1, 0.15) is 12.6 Å². The zero-order chi connectivity index (χ0) is 37.4. The minimum Gasteiger partial charge on any atom is -0.445 e. The fourth-order valence-corrected chi connectivity index (χ4v) is 7.89. The standard InChI is InChI=1S/C44H42N2O7S/c1-29-39(28-54-36-13-6-3-7-14-36)52-43(53-41(29)33-18-16-30(26-47)17-19-33)34-22-20-32(21-23-34)37-15-9-8-12-35(37)25-46-40(48)24-38(42(46)49)45-44(50)51-27-31-10-4-2-5-11-31/h2-23,29,38-39,41,43,47H,24-28H2,1H3,(H,45,50). The quantitative estimate of drug-likeness (QED) is 0.0978. The Labute approximate surface area is 319 Å². The van der Waals surface area contributed by atoms with Gasteiger partial charge in [0.25, 0.3) is 5.91 Å². The highest BCUT2D eigenvalue weighted by Crippen LogP contribution is 2.43. The van der Waals surface area contributed by atoms with E-state index in [1.54, 1.807) is 11.8 Å². The van der Waals surface area contributed by atoms with Crippen LogP contribution in [0.1, 0.15) is 53.6 Å². The smallest absolute Gasteiger partial charge is 0.408 e. The van der Waals surface area contributed by atoms with Gasteiger partial charge in [0.15, 0.2) is 6.29 Å². The molecule has 0 aliphatic carbocycles. The summed E-state index contributed by atoms with van der Waals surface area (Å²) in [6.45, 7) is 2.26. The zero-order valence-electron chi connectivity index (χ0n) is 29.9. The first-order valence-corrected chi connectivity index (χ1v) is 19.0. The lowest BCUT2D eigenvalue weighted by atomic mass is 9.91. The van der Waals surface area contributed by atoms with Gasteiger partial charge in [-0.1, -0.05) is 128 Å². The maximum Gasteiger partial charge on any atom is 0.408 e. The second-order valence-corrected chi connectivity index (χ2v) is 14.6. The third-order valence-corrected chi connectivity index (χ3v) is 11.0. The molecule has 5 atom stereocenters. The van der Waals surface area contributed by atoms with Crippen molar-refractivity contribution in [3.8, 4) is 11.1 Å². The second-order valence-electron chi connectivity index (χ2n) is 13.5. The predicted octanol–water partition coefficient (Wildman–Crippen LogP) is 7.98. The summed E-state index contributed by atoms with van der Waals surface area (Å²) in [4.78, 5) is 41.2. The van der Waals surface area contributed by atoms with Crippen molar-refractivity contribution in [2.45, 2.75) is 62.5 Å². The average molecular weight is 743 g/mol. The molecule has 0 saturated carbocycles. The summed E-state index contributed by atoms with van der Waals surface area (Å²) in [7, 11) is 0. The Morgan fingerprint density at radius 1 is 0.815 bits per heavy atom. The Kier molecular flexibility index (Phi) is 11.8. The Morgan fingerprint density at radius 3 is 2.20 bits per heavy atom. The highest BCUT2D eigenvalue weighted by molar-refractivity contribution is 7.99. The molecule has 0 radical (unpaired) electrons. The highest BCUT2D eigenvalue weighted by Gasteiger charge is 2.40. The van der Waals surface area contributed by atoms with Crippen molar-refractivity contribution in [2.75, 3.05) is 5.75 Å². The Bertz CT molecular complexity index is 2040. The number of rotatable bonds is 12. The molecule has 9 nitrogen and oxygen atoms in total. The van der Waals surface area contributed by atoms with Crippen LogP contribution in [-0.2, 0) is 43.6 Å². The van der Waals surface area contributed by atoms with Gasteiger partial charge in [-0.3, -0.25) is 14.5 Å². The number of likely N-dealkylation sites (tertiary alicyclic amines) is 1. The van der Waals surface area contributed by atoms with Crippen LogP contribution in [0.15, 0.2) is 138 Å². The maximum atomic E-state index is 13.3. The number of benzene rings is 5. The molecule has 0 spiro atoms. The highest BCUT2D eigenvalue weighted by atomic mass is 32.2. The van der Waals surface area contributed by atoms with Gasteiger partial charge in [0.2, 0.25) is 5.91 Å². The number of alkyl carbamates (subject to hydrolysis) is 1. The van der Waals surface area contributed by atoms with E-state index in [1.807, 2.05) is 121 Å². The normalized spacial score (nSPS) is 21.2. The molecule has 5 unspecified atom stereocenters. The maximum absolute atomic E-state index is 13.3. The zero-order valence-corrected chi connectivity index (χ0v) is 30.7. The van der Waals surface area contributed by atoms with Crippen molar-refractivity contribution in [1.29, 1.82) is 0 Å². The van der Waals surface area contributed by atoms with E-state index < -0.39 is 24.3 Å². The van der Waals surface area contributed by atoms with Crippen LogP contribution in [0, 0.1) is 5.92 Å². The van der Waals surface area contributed by atoms with Crippen molar-refractivity contribution in [3.63, 3.8) is 0 Å². The number of amides is 3. The number of carbonyl (C=O) groups excluding carboxylic acids is 3. The van der Waals surface area contributed by atoms with E-state index in [-0.39, 0.29) is 50.2 Å². The van der Waals surface area contributed by atoms with Crippen molar-refractivity contribution in [2.24, 2.45) is 5.92 Å². The van der Waals surface area contributed by atoms with Crippen LogP contribution in [-0.4, -0.2) is 45.8 Å². The lowest BCUT2D eigenvalue weighted by Crippen LogP contribution is -2.41. The van der Waals surface area contributed by atoms with E-state index in [1.165, 1.54) is 9.80 Å². The Balaban J connectivity index is 1.04. The SMILES string of the molecule is CC1C(CSc2ccccc2)OC(c2ccc(-c3ccccc3CN3C(=O)CC(NC(=O)OCc4ccccc4)C3=O)cc2)OC1c1ccc(CO)cc1. The molecule has 5 aromatic rings. The molecule has 276 valence electrons. The van der Waals surface area contributed by atoms with Crippen molar-refractivity contribution >= 4 is 29.7 Å². The van der Waals surface area contributed by atoms with E-state index in [0.29, 0.717) is 0 Å². The number of imide groups is 1. The largest absolute Gasteiger partial charge is 0.445 e. The first-order valence-electron chi connectivity index (χ1n) is 18.0. The fourth-order valence-electron chi connectivity index (χ4n) is 6.80. The summed E-state index contributed by atoms with van der Waals surface area (Å²) in [5, 5.41) is 12.2. The van der Waals surface area contributed by atoms with Crippen LogP contribution in [0.3, 0.4) is 0 Å². The van der Waals surface area contributed by atoms with Crippen molar-refractivity contribution in [3.05, 3.63) is 161 Å². The molecule has 10 heteroatoms. The number of aliphatic hydroxyl groups is 1. The lowest BCUT2D eigenvalue weighted by molar-refractivity contribution is -0.268. The third kappa shape index (κ3) is 8.75. The summed E-state index contributed by atoms with van der Waals surface area (Å²) in [6.07, 6.45) is -1.82. The summed E-state index contributed by atoms with van der Waals surface area (Å²) < 4.78 is 18.6. The molecular weight excluding hydrogens is 701 g/mol. The van der Waals surface area contributed by atoms with Gasteiger partial charge in [0.05, 0.1) is 31.8 Å². The number of hydrogen-bond acceptors (Lipinski definition) is 8. The number of carbonyl (C=O) groups is 3. The molecule has 7 rings (SSSR count). The second kappa shape index (κ2) is 17.3. The van der Waals surface area contributed by atoms with Crippen LogP contribution >= 0.6 is 11.8 Å². The number of aliphatic hydroxyl groups excluding tert-OH is 1. The number of nitrogens with one attached hydrogen (secondary N) is 1. The average Bonchev–Trinajstić information content (AvgIpc) is 3.47. The summed E-state index contributed by atoms with van der Waals surface area (Å²) in [6, 6.07) is 42.0. The molecule has 5 aromatic carbocycles. The minimum absolute atomic E-state index is 0.0205. The molecule has 3 amide bonds. The van der Waals surface area contributed by atoms with Gasteiger partial charge in [-0.05, 0) is 45.5 Å². The molecule has 2 aliphatic rings. The van der Waals surface area contributed by atoms with Gasteiger partial charge in [-0.2, -0.15) is 0 Å². The van der Waals surface area contributed by atoms with E-state index >= 15 is 0 Å². The van der Waals surface area contributed by atoms with Gasteiger partial charge < -0.3 is 24.6 Å². The Morgan fingerprint density at radius 2 is 1.48 bits per heavy atom. The number of nitrogens with zero attached hydrogens (tertiary/aromatic N) is 1. The van der Waals surface area contributed by atoms with E-state index in [9.17, 15) is 19.5 Å². The lowest BCUT2D eigenvalue weighted by Gasteiger charge is -2.41. The van der Waals surface area contributed by atoms with Gasteiger partial charge >= 0.3 is 6.09 Å². The van der Waals surface area contributed by atoms with Gasteiger partial charge in [-0.15, -0.1) is 11.8 Å². The van der Waals surface area contributed by atoms with Crippen molar-refractivity contribution < 1.29 is 33.7 Å². The fraction of sp³-hybridized carbons (Fsp3) is 0.250. The van der Waals surface area contributed by atoms with Crippen molar-refractivity contribution in [1.82, 2.24) is 10.2 Å². The van der Waals surface area contributed by atoms with Crippen LogP contribution < -0.4 is 5.32 Å². The first kappa shape index (κ1) is 37.1. The molecule has 2 heterocycles. The van der Waals surface area contributed by atoms with Gasteiger partial charge in [0, 0.05) is 22.1 Å². The molecule has 0 aromatic heterocycles. The molecule has 2 N–H and O–H groups in total. The number of ether oxygens (including phenoxy) is 3.